The number of nitrogens with one attached hydrogen (secondary N) is 2. The molecule has 4 N–H and O–H groups in total. The molecule has 0 bridgehead atoms. The molecular weight excluding hydrogens is 423 g/mol. The van der Waals surface area contributed by atoms with E-state index in [9.17, 15) is 18.8 Å². The molecule has 1 unspecified atom stereocenters. The summed E-state index contributed by atoms with van der Waals surface area (Å²) in [6.07, 6.45) is 0. The number of nitrogens with zero attached hydrogens (tertiary/aromatic N) is 1. The van der Waals surface area contributed by atoms with E-state index in [1.165, 1.54) is 30.1 Å². The molecule has 0 saturated heterocycles. The monoisotopic (exact) mass is 448 g/mol. The van der Waals surface area contributed by atoms with E-state index in [1.807, 2.05) is 25.1 Å². The number of primary amides is 1. The Labute approximate surface area is 191 Å². The van der Waals surface area contributed by atoms with Crippen LogP contribution in [-0.2, 0) is 9.59 Å². The van der Waals surface area contributed by atoms with Gasteiger partial charge >= 0.3 is 0 Å². The Hall–Kier alpha value is -4.04. The lowest BCUT2D eigenvalue weighted by Crippen LogP contribution is -2.39. The molecule has 7 nitrogen and oxygen atoms in total. The van der Waals surface area contributed by atoms with Crippen molar-refractivity contribution in [3.05, 3.63) is 95.3 Å². The zero-order valence-electron chi connectivity index (χ0n) is 18.3. The van der Waals surface area contributed by atoms with Gasteiger partial charge in [0.05, 0.1) is 17.8 Å². The standard InChI is InChI=1S/C25H25FN4O3/c1-16-7-5-10-19(13-16)28-25(33)20-11-3-4-12-21(20)29-22(31)15-30(2)23(24(27)32)17-8-6-9-18(26)14-17/h3-14,23H,15H2,1-2H3,(H2,27,32)(H,28,33)(H,29,31). The third kappa shape index (κ3) is 6.24. The predicted molar refractivity (Wildman–Crippen MR) is 125 cm³/mol. The molecule has 1 atom stereocenters. The number of aryl methyl sites for hydroxylation is 1. The summed E-state index contributed by atoms with van der Waals surface area (Å²) < 4.78 is 13.6. The lowest BCUT2D eigenvalue weighted by molar-refractivity contribution is -0.124. The normalized spacial score (nSPS) is 11.6. The third-order valence-electron chi connectivity index (χ3n) is 4.99. The Morgan fingerprint density at radius 2 is 1.70 bits per heavy atom. The van der Waals surface area contributed by atoms with Crippen molar-refractivity contribution in [1.29, 1.82) is 0 Å². The van der Waals surface area contributed by atoms with Crippen LogP contribution in [0.5, 0.6) is 0 Å². The summed E-state index contributed by atoms with van der Waals surface area (Å²) in [6, 6.07) is 18.5. The third-order valence-corrected chi connectivity index (χ3v) is 4.99. The number of rotatable bonds is 8. The average Bonchev–Trinajstić information content (AvgIpc) is 2.74. The van der Waals surface area contributed by atoms with Crippen LogP contribution in [0.4, 0.5) is 15.8 Å². The van der Waals surface area contributed by atoms with Gasteiger partial charge in [0, 0.05) is 5.69 Å². The fourth-order valence-electron chi connectivity index (χ4n) is 3.53. The minimum absolute atomic E-state index is 0.210. The van der Waals surface area contributed by atoms with Crippen LogP contribution in [0, 0.1) is 12.7 Å². The molecule has 33 heavy (non-hydrogen) atoms. The quantitative estimate of drug-likeness (QED) is 0.491. The molecule has 0 aliphatic rings. The van der Waals surface area contributed by atoms with Gasteiger partial charge in [0.1, 0.15) is 11.9 Å². The Bertz CT molecular complexity index is 1180. The molecule has 0 aromatic heterocycles. The molecule has 8 heteroatoms. The van der Waals surface area contributed by atoms with E-state index < -0.39 is 23.7 Å². The fraction of sp³-hybridized carbons (Fsp3) is 0.160. The second-order valence-electron chi connectivity index (χ2n) is 7.69. The molecule has 0 radical (unpaired) electrons. The van der Waals surface area contributed by atoms with Crippen LogP contribution in [0.15, 0.2) is 72.8 Å². The van der Waals surface area contributed by atoms with Gasteiger partial charge in [0.2, 0.25) is 11.8 Å². The zero-order valence-corrected chi connectivity index (χ0v) is 18.3. The van der Waals surface area contributed by atoms with Crippen molar-refractivity contribution in [2.75, 3.05) is 24.2 Å². The first kappa shape index (κ1) is 23.6. The summed E-state index contributed by atoms with van der Waals surface area (Å²) >= 11 is 0. The van der Waals surface area contributed by atoms with Crippen LogP contribution in [0.2, 0.25) is 0 Å². The highest BCUT2D eigenvalue weighted by Gasteiger charge is 2.25. The Kier molecular flexibility index (Phi) is 7.53. The van der Waals surface area contributed by atoms with E-state index in [-0.39, 0.29) is 18.0 Å². The maximum atomic E-state index is 13.6. The highest BCUT2D eigenvalue weighted by Crippen LogP contribution is 2.21. The molecule has 0 aliphatic carbocycles. The van der Waals surface area contributed by atoms with Crippen molar-refractivity contribution in [3.8, 4) is 0 Å². The molecule has 0 fully saturated rings. The number of anilines is 2. The van der Waals surface area contributed by atoms with Crippen LogP contribution >= 0.6 is 0 Å². The van der Waals surface area contributed by atoms with Gasteiger partial charge in [-0.1, -0.05) is 36.4 Å². The minimum Gasteiger partial charge on any atom is -0.368 e. The number of carbonyl (C=O) groups excluding carboxylic acids is 3. The number of halogens is 1. The smallest absolute Gasteiger partial charge is 0.257 e. The van der Waals surface area contributed by atoms with Gasteiger partial charge in [-0.15, -0.1) is 0 Å². The number of hydrogen-bond donors (Lipinski definition) is 3. The number of benzene rings is 3. The summed E-state index contributed by atoms with van der Waals surface area (Å²) in [7, 11) is 1.54. The SMILES string of the molecule is Cc1cccc(NC(=O)c2ccccc2NC(=O)CN(C)C(C(N)=O)c2cccc(F)c2)c1. The minimum atomic E-state index is -0.994. The second-order valence-corrected chi connectivity index (χ2v) is 7.69. The first-order chi connectivity index (χ1) is 15.7. The second kappa shape index (κ2) is 10.5. The number of hydrogen-bond acceptors (Lipinski definition) is 4. The lowest BCUT2D eigenvalue weighted by atomic mass is 10.0. The Balaban J connectivity index is 1.72. The van der Waals surface area contributed by atoms with E-state index in [4.69, 9.17) is 5.73 Å². The van der Waals surface area contributed by atoms with Crippen molar-refractivity contribution >= 4 is 29.1 Å². The van der Waals surface area contributed by atoms with Crippen LogP contribution in [0.25, 0.3) is 0 Å². The van der Waals surface area contributed by atoms with E-state index >= 15 is 0 Å². The predicted octanol–water partition coefficient (Wildman–Crippen LogP) is 3.48. The number of likely N-dealkylation sites (N-methyl/N-ethyl adjacent to an activating group) is 1. The molecule has 3 aromatic rings. The largest absolute Gasteiger partial charge is 0.368 e. The van der Waals surface area contributed by atoms with Crippen LogP contribution < -0.4 is 16.4 Å². The number of carbonyl (C=O) groups is 3. The molecular formula is C25H25FN4O3. The molecule has 3 amide bonds. The van der Waals surface area contributed by atoms with Crippen molar-refractivity contribution in [3.63, 3.8) is 0 Å². The highest BCUT2D eigenvalue weighted by atomic mass is 19.1. The van der Waals surface area contributed by atoms with Crippen molar-refractivity contribution < 1.29 is 18.8 Å². The molecule has 0 spiro atoms. The number of para-hydroxylation sites is 1. The Morgan fingerprint density at radius 3 is 2.39 bits per heavy atom. The molecule has 170 valence electrons. The van der Waals surface area contributed by atoms with Gasteiger partial charge in [0.15, 0.2) is 0 Å². The van der Waals surface area contributed by atoms with E-state index in [1.54, 1.807) is 36.4 Å². The van der Waals surface area contributed by atoms with Crippen LogP contribution in [-0.4, -0.2) is 36.2 Å². The first-order valence-corrected chi connectivity index (χ1v) is 10.3. The zero-order chi connectivity index (χ0) is 24.0. The molecule has 0 aliphatic heterocycles. The van der Waals surface area contributed by atoms with Gasteiger partial charge < -0.3 is 16.4 Å². The summed E-state index contributed by atoms with van der Waals surface area (Å²) in [4.78, 5) is 38.9. The number of nitrogens with two attached hydrogens (primary N) is 1. The van der Waals surface area contributed by atoms with Gasteiger partial charge in [-0.3, -0.25) is 19.3 Å². The lowest BCUT2D eigenvalue weighted by Gasteiger charge is -2.25. The van der Waals surface area contributed by atoms with Gasteiger partial charge in [-0.25, -0.2) is 4.39 Å². The molecule has 3 rings (SSSR count). The van der Waals surface area contributed by atoms with Gasteiger partial charge in [-0.05, 0) is 61.5 Å². The first-order valence-electron chi connectivity index (χ1n) is 10.3. The average molecular weight is 448 g/mol. The molecule has 0 heterocycles. The highest BCUT2D eigenvalue weighted by molar-refractivity contribution is 6.10. The fourth-order valence-corrected chi connectivity index (χ4v) is 3.53. The maximum absolute atomic E-state index is 13.6. The van der Waals surface area contributed by atoms with Gasteiger partial charge in [0.25, 0.3) is 5.91 Å². The van der Waals surface area contributed by atoms with Crippen LogP contribution in [0.3, 0.4) is 0 Å². The Morgan fingerprint density at radius 1 is 0.970 bits per heavy atom. The summed E-state index contributed by atoms with van der Waals surface area (Å²) in [5, 5.41) is 5.52. The van der Waals surface area contributed by atoms with E-state index in [2.05, 4.69) is 10.6 Å². The molecule has 0 saturated carbocycles. The maximum Gasteiger partial charge on any atom is 0.257 e. The van der Waals surface area contributed by atoms with Crippen molar-refractivity contribution in [1.82, 2.24) is 4.90 Å². The summed E-state index contributed by atoms with van der Waals surface area (Å²) in [6.45, 7) is 1.71. The number of amides is 3. The summed E-state index contributed by atoms with van der Waals surface area (Å²) in [5.41, 5.74) is 8.10. The van der Waals surface area contributed by atoms with Crippen molar-refractivity contribution in [2.24, 2.45) is 5.73 Å². The van der Waals surface area contributed by atoms with Crippen LogP contribution in [0.1, 0.15) is 27.5 Å². The summed E-state index contributed by atoms with van der Waals surface area (Å²) in [5.74, 6) is -2.06. The van der Waals surface area contributed by atoms with Gasteiger partial charge in [-0.2, -0.15) is 0 Å². The molecule has 3 aromatic carbocycles. The van der Waals surface area contributed by atoms with E-state index in [0.29, 0.717) is 16.9 Å². The van der Waals surface area contributed by atoms with E-state index in [0.717, 1.165) is 5.56 Å². The van der Waals surface area contributed by atoms with Crippen molar-refractivity contribution in [2.45, 2.75) is 13.0 Å². The topological polar surface area (TPSA) is 105 Å².